The molecule has 1 N–H and O–H groups in total. The van der Waals surface area contributed by atoms with Gasteiger partial charge in [0.2, 0.25) is 0 Å². The Morgan fingerprint density at radius 3 is 2.57 bits per heavy atom. The van der Waals surface area contributed by atoms with Gasteiger partial charge < -0.3 is 10.0 Å². The highest BCUT2D eigenvalue weighted by Crippen LogP contribution is 2.17. The summed E-state index contributed by atoms with van der Waals surface area (Å²) in [7, 11) is 2.00. The van der Waals surface area contributed by atoms with Gasteiger partial charge in [-0.15, -0.1) is 0 Å². The lowest BCUT2D eigenvalue weighted by Crippen LogP contribution is -2.17. The number of nitrogens with zero attached hydrogens (tertiary/aromatic N) is 2. The van der Waals surface area contributed by atoms with Crippen molar-refractivity contribution in [1.29, 1.82) is 0 Å². The van der Waals surface area contributed by atoms with Crippen molar-refractivity contribution in [2.75, 3.05) is 18.5 Å². The van der Waals surface area contributed by atoms with Gasteiger partial charge in [0, 0.05) is 19.8 Å². The Labute approximate surface area is 85.4 Å². The topological polar surface area (TPSA) is 36.4 Å². The Morgan fingerprint density at radius 2 is 2.14 bits per heavy atom. The first kappa shape index (κ1) is 11.0. The minimum atomic E-state index is -0.386. The summed E-state index contributed by atoms with van der Waals surface area (Å²) in [6, 6.07) is 3.88. The summed E-state index contributed by atoms with van der Waals surface area (Å²) in [5.74, 6) is 0.944. The second-order valence-electron chi connectivity index (χ2n) is 3.39. The summed E-state index contributed by atoms with van der Waals surface area (Å²) in [4.78, 5) is 6.34. The van der Waals surface area contributed by atoms with Gasteiger partial charge in [0.1, 0.15) is 5.82 Å². The average molecular weight is 194 g/mol. The lowest BCUT2D eigenvalue weighted by Gasteiger charge is -2.16. The smallest absolute Gasteiger partial charge is 0.128 e. The normalized spacial score (nSPS) is 12.6. The molecule has 14 heavy (non-hydrogen) atoms. The van der Waals surface area contributed by atoms with Crippen LogP contribution >= 0.6 is 0 Å². The van der Waals surface area contributed by atoms with Gasteiger partial charge in [0.15, 0.2) is 0 Å². The number of hydrogen-bond acceptors (Lipinski definition) is 3. The molecule has 3 nitrogen and oxygen atoms in total. The third kappa shape index (κ3) is 2.45. The fraction of sp³-hybridized carbons (Fsp3) is 0.545. The van der Waals surface area contributed by atoms with Gasteiger partial charge in [0.05, 0.1) is 6.10 Å². The number of aliphatic hydroxyl groups excluding tert-OH is 1. The molecule has 0 bridgehead atoms. The molecule has 0 aliphatic rings. The number of aromatic nitrogens is 1. The molecule has 1 atom stereocenters. The maximum atomic E-state index is 9.56. The minimum absolute atomic E-state index is 0.386. The van der Waals surface area contributed by atoms with Crippen LogP contribution in [0.25, 0.3) is 0 Å². The number of aliphatic hydroxyl groups is 1. The molecule has 0 spiro atoms. The molecule has 1 rings (SSSR count). The molecule has 0 aliphatic carbocycles. The van der Waals surface area contributed by atoms with Gasteiger partial charge in [-0.1, -0.05) is 13.0 Å². The van der Waals surface area contributed by atoms with Crippen LogP contribution in [0.1, 0.15) is 31.9 Å². The Hall–Kier alpha value is -1.09. The third-order valence-electron chi connectivity index (χ3n) is 2.41. The molecule has 0 amide bonds. The summed E-state index contributed by atoms with van der Waals surface area (Å²) in [6.07, 6.45) is 2.09. The van der Waals surface area contributed by atoms with Crippen LogP contribution in [0.3, 0.4) is 0 Å². The van der Waals surface area contributed by atoms with Gasteiger partial charge in [-0.25, -0.2) is 4.98 Å². The van der Waals surface area contributed by atoms with E-state index in [1.54, 1.807) is 6.20 Å². The van der Waals surface area contributed by atoms with E-state index >= 15 is 0 Å². The molecule has 78 valence electrons. The van der Waals surface area contributed by atoms with Crippen LogP contribution < -0.4 is 4.90 Å². The van der Waals surface area contributed by atoms with Crippen LogP contribution in [0, 0.1) is 0 Å². The molecule has 0 radical (unpaired) electrons. The predicted molar refractivity (Wildman–Crippen MR) is 58.4 cm³/mol. The molecular weight excluding hydrogens is 176 g/mol. The predicted octanol–water partition coefficient (Wildman–Crippen LogP) is 1.98. The van der Waals surface area contributed by atoms with Gasteiger partial charge in [-0.05, 0) is 25.0 Å². The van der Waals surface area contributed by atoms with E-state index in [2.05, 4.69) is 16.8 Å². The molecule has 3 heteroatoms. The second-order valence-corrected chi connectivity index (χ2v) is 3.39. The van der Waals surface area contributed by atoms with E-state index < -0.39 is 0 Å². The first-order chi connectivity index (χ1) is 6.69. The quantitative estimate of drug-likeness (QED) is 0.796. The molecule has 1 aromatic heterocycles. The maximum absolute atomic E-state index is 9.56. The highest BCUT2D eigenvalue weighted by molar-refractivity contribution is 5.38. The van der Waals surface area contributed by atoms with E-state index in [1.807, 2.05) is 26.1 Å². The van der Waals surface area contributed by atoms with Crippen molar-refractivity contribution in [3.63, 3.8) is 0 Å². The lowest BCUT2D eigenvalue weighted by molar-refractivity contribution is 0.173. The molecule has 0 fully saturated rings. The van der Waals surface area contributed by atoms with Crippen LogP contribution in [0.5, 0.6) is 0 Å². The fourth-order valence-electron chi connectivity index (χ4n) is 1.22. The van der Waals surface area contributed by atoms with E-state index in [1.165, 1.54) is 0 Å². The van der Waals surface area contributed by atoms with Gasteiger partial charge in [-0.3, -0.25) is 0 Å². The zero-order valence-corrected chi connectivity index (χ0v) is 9.07. The van der Waals surface area contributed by atoms with Gasteiger partial charge in [0.25, 0.3) is 0 Å². The van der Waals surface area contributed by atoms with Crippen LogP contribution in [-0.4, -0.2) is 23.7 Å². The number of anilines is 1. The Kier molecular flexibility index (Phi) is 3.89. The summed E-state index contributed by atoms with van der Waals surface area (Å²) >= 11 is 0. The van der Waals surface area contributed by atoms with Crippen LogP contribution in [0.2, 0.25) is 0 Å². The fourth-order valence-corrected chi connectivity index (χ4v) is 1.22. The molecule has 0 saturated carbocycles. The van der Waals surface area contributed by atoms with Crippen molar-refractivity contribution in [3.8, 4) is 0 Å². The van der Waals surface area contributed by atoms with E-state index in [9.17, 15) is 5.11 Å². The summed E-state index contributed by atoms with van der Waals surface area (Å²) in [5.41, 5.74) is 0.890. The number of hydrogen-bond donors (Lipinski definition) is 1. The van der Waals surface area contributed by atoms with Crippen molar-refractivity contribution in [2.45, 2.75) is 26.4 Å². The standard InChI is InChI=1S/C11H18N2O/c1-4-10(14)9-6-7-11(12-8-9)13(3)5-2/h6-8,10,14H,4-5H2,1-3H3. The van der Waals surface area contributed by atoms with E-state index in [4.69, 9.17) is 0 Å². The first-order valence-corrected chi connectivity index (χ1v) is 5.04. The van der Waals surface area contributed by atoms with Crippen molar-refractivity contribution < 1.29 is 5.11 Å². The van der Waals surface area contributed by atoms with E-state index in [0.717, 1.165) is 24.3 Å². The van der Waals surface area contributed by atoms with E-state index in [-0.39, 0.29) is 6.10 Å². The van der Waals surface area contributed by atoms with E-state index in [0.29, 0.717) is 0 Å². The lowest BCUT2D eigenvalue weighted by atomic mass is 10.1. The molecule has 1 aromatic rings. The van der Waals surface area contributed by atoms with Crippen molar-refractivity contribution in [2.24, 2.45) is 0 Å². The summed E-state index contributed by atoms with van der Waals surface area (Å²) in [5, 5.41) is 9.56. The Balaban J connectivity index is 2.78. The zero-order chi connectivity index (χ0) is 10.6. The van der Waals surface area contributed by atoms with Gasteiger partial charge in [-0.2, -0.15) is 0 Å². The highest BCUT2D eigenvalue weighted by Gasteiger charge is 2.05. The zero-order valence-electron chi connectivity index (χ0n) is 9.07. The van der Waals surface area contributed by atoms with Crippen LogP contribution in [0.15, 0.2) is 18.3 Å². The van der Waals surface area contributed by atoms with Crippen molar-refractivity contribution in [3.05, 3.63) is 23.9 Å². The summed E-state index contributed by atoms with van der Waals surface area (Å²) in [6.45, 7) is 4.97. The van der Waals surface area contributed by atoms with Gasteiger partial charge >= 0.3 is 0 Å². The van der Waals surface area contributed by atoms with Crippen LogP contribution in [-0.2, 0) is 0 Å². The molecule has 0 saturated heterocycles. The van der Waals surface area contributed by atoms with Crippen molar-refractivity contribution in [1.82, 2.24) is 4.98 Å². The van der Waals surface area contributed by atoms with Crippen LogP contribution in [0.4, 0.5) is 5.82 Å². The molecule has 0 aliphatic heterocycles. The highest BCUT2D eigenvalue weighted by atomic mass is 16.3. The monoisotopic (exact) mass is 194 g/mol. The number of rotatable bonds is 4. The Bertz CT molecular complexity index is 242. The first-order valence-electron chi connectivity index (χ1n) is 5.04. The third-order valence-corrected chi connectivity index (χ3v) is 2.41. The second kappa shape index (κ2) is 4.96. The molecule has 1 unspecified atom stereocenters. The summed E-state index contributed by atoms with van der Waals surface area (Å²) < 4.78 is 0. The number of pyridine rings is 1. The minimum Gasteiger partial charge on any atom is -0.388 e. The molecule has 0 aromatic carbocycles. The molecule has 1 heterocycles. The maximum Gasteiger partial charge on any atom is 0.128 e. The molecular formula is C11H18N2O. The largest absolute Gasteiger partial charge is 0.388 e. The van der Waals surface area contributed by atoms with Crippen molar-refractivity contribution >= 4 is 5.82 Å². The Morgan fingerprint density at radius 1 is 1.43 bits per heavy atom. The average Bonchev–Trinajstić information content (AvgIpc) is 2.27. The SMILES string of the molecule is CCC(O)c1ccc(N(C)CC)nc1.